The van der Waals surface area contributed by atoms with E-state index in [9.17, 15) is 0 Å². The van der Waals surface area contributed by atoms with Crippen molar-refractivity contribution in [3.8, 4) is 0 Å². The van der Waals surface area contributed by atoms with Gasteiger partial charge in [0.1, 0.15) is 0 Å². The van der Waals surface area contributed by atoms with E-state index in [0.717, 1.165) is 6.42 Å². The van der Waals surface area contributed by atoms with Crippen LogP contribution in [0.1, 0.15) is 96.8 Å². The van der Waals surface area contributed by atoms with Crippen molar-refractivity contribution in [2.75, 3.05) is 6.61 Å². The molecule has 0 saturated carbocycles. The summed E-state index contributed by atoms with van der Waals surface area (Å²) in [4.78, 5) is 25.6. The number of allylic oxidation sites excluding steroid dienone is 2. The molecule has 0 aromatic heterocycles. The van der Waals surface area contributed by atoms with Gasteiger partial charge < -0.3 is 24.4 Å². The molecule has 27 heavy (non-hydrogen) atoms. The van der Waals surface area contributed by atoms with E-state index in [0.29, 0.717) is 6.61 Å². The minimum absolute atomic E-state index is 0. The van der Waals surface area contributed by atoms with Gasteiger partial charge in [0.25, 0.3) is 0 Å². The van der Waals surface area contributed by atoms with Crippen molar-refractivity contribution in [1.82, 2.24) is 0 Å². The first-order chi connectivity index (χ1) is 11.4. The maximum absolute atomic E-state index is 8.66. The average Bonchev–Trinajstić information content (AvgIpc) is 2.49. The van der Waals surface area contributed by atoms with Gasteiger partial charge in [-0.25, -0.2) is 0 Å². The molecule has 0 heterocycles. The quantitative estimate of drug-likeness (QED) is 0.120. The third-order valence-electron chi connectivity index (χ3n) is 3.67. The molecule has 0 aromatic rings. The second kappa shape index (κ2) is 33.4. The van der Waals surface area contributed by atoms with Gasteiger partial charge in [0.05, 0.1) is 0 Å². The van der Waals surface area contributed by atoms with Crippen LogP contribution in [0.4, 0.5) is 0 Å². The minimum Gasteiger partial charge on any atom is -0.822 e. The second-order valence-electron chi connectivity index (χ2n) is 6.11. The fourth-order valence-corrected chi connectivity index (χ4v) is 2.36. The molecule has 5 nitrogen and oxygen atoms in total. The molecule has 146 valence electrons. The zero-order chi connectivity index (χ0) is 18.5. The molecule has 0 bridgehead atoms. The Morgan fingerprint density at radius 2 is 0.963 bits per heavy atom. The van der Waals surface area contributed by atoms with Gasteiger partial charge in [0.2, 0.25) is 0 Å². The molecule has 0 rings (SSSR count). The zero-order valence-electron chi connectivity index (χ0n) is 18.3. The van der Waals surface area contributed by atoms with E-state index in [1.807, 2.05) is 0 Å². The van der Waals surface area contributed by atoms with E-state index in [-0.39, 0.29) is 88.7 Å². The zero-order valence-corrected chi connectivity index (χ0v) is 25.2. The molecule has 0 atom stereocenters. The number of aliphatic hydroxyl groups is 1. The van der Waals surface area contributed by atoms with Crippen molar-refractivity contribution in [2.24, 2.45) is 0 Å². The molecule has 0 aliphatic heterocycles. The van der Waals surface area contributed by atoms with Crippen LogP contribution < -0.4 is 103 Å². The Kier molecular flexibility index (Phi) is 49.8. The Labute approximate surface area is 233 Å². The largest absolute Gasteiger partial charge is 1.00 e. The normalized spacial score (nSPS) is 10.3. The van der Waals surface area contributed by atoms with E-state index < -0.39 is 7.82 Å². The predicted molar refractivity (Wildman–Crippen MR) is 94.1 cm³/mol. The van der Waals surface area contributed by atoms with E-state index in [2.05, 4.69) is 19.1 Å². The van der Waals surface area contributed by atoms with Crippen LogP contribution in [-0.2, 0) is 4.57 Å². The molecule has 0 fully saturated rings. The number of unbranched alkanes of at least 4 members (excludes halogenated alkanes) is 12. The average molecular weight is 432 g/mol. The van der Waals surface area contributed by atoms with Gasteiger partial charge in [-0.3, -0.25) is 0 Å². The molecule has 1 N–H and O–H groups in total. The van der Waals surface area contributed by atoms with Crippen LogP contribution in [0, 0.1) is 0 Å². The Bertz CT molecular complexity index is 307. The van der Waals surface area contributed by atoms with Crippen LogP contribution in [0.15, 0.2) is 12.2 Å². The summed E-state index contributed by atoms with van der Waals surface area (Å²) in [6, 6.07) is 0. The van der Waals surface area contributed by atoms with Crippen LogP contribution in [0.3, 0.4) is 0 Å². The molecule has 0 amide bonds. The fourth-order valence-electron chi connectivity index (χ4n) is 2.36. The Hall–Kier alpha value is 2.81. The number of hydrogen-bond donors (Lipinski definition) is 1. The molecule has 0 radical (unpaired) electrons. The third-order valence-corrected chi connectivity index (χ3v) is 3.67. The van der Waals surface area contributed by atoms with E-state index in [1.165, 1.54) is 83.5 Å². The first-order valence-electron chi connectivity index (χ1n) is 9.40. The van der Waals surface area contributed by atoms with Crippen LogP contribution in [0.25, 0.3) is 0 Å². The number of hydrogen-bond acceptors (Lipinski definition) is 5. The minimum atomic E-state index is -5.39. The van der Waals surface area contributed by atoms with Gasteiger partial charge in [-0.1, -0.05) is 76.9 Å². The van der Waals surface area contributed by atoms with Crippen molar-refractivity contribution in [2.45, 2.75) is 96.8 Å². The van der Waals surface area contributed by atoms with E-state index >= 15 is 0 Å². The summed E-state index contributed by atoms with van der Waals surface area (Å²) in [6.07, 6.45) is 23.2. The predicted octanol–water partition coefficient (Wildman–Crippen LogP) is -5.80. The summed E-state index contributed by atoms with van der Waals surface area (Å²) in [7, 11) is -5.39. The summed E-state index contributed by atoms with van der Waals surface area (Å²) in [5, 5.41) is 8.66. The molecular formula is C18H36Na3O5P. The summed E-state index contributed by atoms with van der Waals surface area (Å²) in [5.74, 6) is 0. The molecule has 9 heteroatoms. The number of aliphatic hydroxyl groups excluding tert-OH is 1. The number of rotatable bonds is 15. The van der Waals surface area contributed by atoms with Gasteiger partial charge >= 0.3 is 88.7 Å². The molecule has 0 spiro atoms. The maximum Gasteiger partial charge on any atom is 1.00 e. The van der Waals surface area contributed by atoms with E-state index in [4.69, 9.17) is 24.4 Å². The summed E-state index contributed by atoms with van der Waals surface area (Å²) < 4.78 is 8.55. The van der Waals surface area contributed by atoms with Crippen LogP contribution in [0.5, 0.6) is 0 Å². The van der Waals surface area contributed by atoms with Gasteiger partial charge in [-0.15, -0.1) is 0 Å². The smallest absolute Gasteiger partial charge is 0.822 e. The van der Waals surface area contributed by atoms with E-state index in [1.54, 1.807) is 0 Å². The van der Waals surface area contributed by atoms with Crippen LogP contribution >= 0.6 is 7.82 Å². The van der Waals surface area contributed by atoms with Gasteiger partial charge in [0.15, 0.2) is 0 Å². The molecule has 0 aliphatic rings. The second-order valence-corrected chi connectivity index (χ2v) is 7.00. The molecule has 0 unspecified atom stereocenters. The fraction of sp³-hybridized carbons (Fsp3) is 0.889. The first-order valence-corrected chi connectivity index (χ1v) is 10.9. The Morgan fingerprint density at radius 3 is 1.30 bits per heavy atom. The monoisotopic (exact) mass is 432 g/mol. The number of phosphoric acid groups is 1. The van der Waals surface area contributed by atoms with Crippen LogP contribution in [-0.4, -0.2) is 11.7 Å². The molecular weight excluding hydrogens is 396 g/mol. The van der Waals surface area contributed by atoms with Crippen molar-refractivity contribution in [3.05, 3.63) is 12.2 Å². The standard InChI is InChI=1S/C18H36O.3Na.H3O4P/c1-2-3-4-5-6-7-8-9-10-11-12-13-14-15-16-17-18-19;;;;1-5(2,3)4/h9-10,19H,2-8,11-18H2,1H3;;;;(H3,1,2,3,4)/q;3*+1;/p-3/b10-9-;;;;. The summed E-state index contributed by atoms with van der Waals surface area (Å²) in [6.45, 7) is 2.64. The van der Waals surface area contributed by atoms with Gasteiger partial charge in [0, 0.05) is 6.61 Å². The van der Waals surface area contributed by atoms with Crippen molar-refractivity contribution < 1.29 is 113 Å². The Morgan fingerprint density at radius 1 is 0.667 bits per heavy atom. The van der Waals surface area contributed by atoms with Gasteiger partial charge in [-0.2, -0.15) is 7.82 Å². The van der Waals surface area contributed by atoms with Crippen molar-refractivity contribution in [3.63, 3.8) is 0 Å². The summed E-state index contributed by atoms with van der Waals surface area (Å²) in [5.41, 5.74) is 0. The molecule has 0 aliphatic carbocycles. The van der Waals surface area contributed by atoms with Crippen molar-refractivity contribution in [1.29, 1.82) is 0 Å². The third kappa shape index (κ3) is 58.5. The SMILES string of the molecule is CCCCCCCC/C=C\CCCCCCCCO.O=P([O-])([O-])[O-].[Na+].[Na+].[Na+]. The first kappa shape index (κ1) is 40.2. The summed E-state index contributed by atoms with van der Waals surface area (Å²) >= 11 is 0. The topological polar surface area (TPSA) is 106 Å². The van der Waals surface area contributed by atoms with Crippen LogP contribution in [0.2, 0.25) is 0 Å². The molecule has 0 saturated heterocycles. The van der Waals surface area contributed by atoms with Crippen molar-refractivity contribution >= 4 is 7.82 Å². The Balaban J connectivity index is -0.000000178. The maximum atomic E-state index is 8.66. The van der Waals surface area contributed by atoms with Gasteiger partial charge in [-0.05, 0) is 32.1 Å². The molecule has 0 aromatic carbocycles.